The second-order valence-corrected chi connectivity index (χ2v) is 5.91. The van der Waals surface area contributed by atoms with Crippen molar-refractivity contribution in [3.8, 4) is 0 Å². The molecule has 0 bridgehead atoms. The molecule has 0 atom stereocenters. The average Bonchev–Trinajstić information content (AvgIpc) is 2.77. The number of benzene rings is 2. The van der Waals surface area contributed by atoms with E-state index in [2.05, 4.69) is 15.9 Å². The van der Waals surface area contributed by atoms with Crippen LogP contribution in [0.5, 0.6) is 0 Å². The molecule has 0 aliphatic carbocycles. The lowest BCUT2D eigenvalue weighted by atomic mass is 10.0. The van der Waals surface area contributed by atoms with Crippen LogP contribution < -0.4 is 0 Å². The van der Waals surface area contributed by atoms with Crippen molar-refractivity contribution in [2.24, 2.45) is 0 Å². The van der Waals surface area contributed by atoms with Crippen molar-refractivity contribution in [3.05, 3.63) is 69.1 Å². The van der Waals surface area contributed by atoms with Crippen LogP contribution in [0.15, 0.2) is 45.3 Å². The monoisotopic (exact) mass is 346 g/mol. The molecule has 0 unspecified atom stereocenters. The standard InChI is InChI=1S/C17H12BrFO2/c1-9-3-4-11(7-14(9)19)16(20)17-10(2)13-6-5-12(18)8-15(13)21-17/h3-8H,1-2H3. The van der Waals surface area contributed by atoms with Crippen molar-refractivity contribution >= 4 is 32.7 Å². The summed E-state index contributed by atoms with van der Waals surface area (Å²) in [6.45, 7) is 3.49. The van der Waals surface area contributed by atoms with E-state index in [0.717, 1.165) is 15.4 Å². The van der Waals surface area contributed by atoms with Gasteiger partial charge in [0.05, 0.1) is 0 Å². The van der Waals surface area contributed by atoms with Crippen molar-refractivity contribution in [1.29, 1.82) is 0 Å². The third kappa shape index (κ3) is 2.40. The minimum absolute atomic E-state index is 0.256. The number of hydrogen-bond acceptors (Lipinski definition) is 2. The van der Waals surface area contributed by atoms with E-state index in [-0.39, 0.29) is 11.5 Å². The van der Waals surface area contributed by atoms with Crippen molar-refractivity contribution in [3.63, 3.8) is 0 Å². The molecular formula is C17H12BrFO2. The minimum atomic E-state index is -0.391. The summed E-state index contributed by atoms with van der Waals surface area (Å²) in [7, 11) is 0. The van der Waals surface area contributed by atoms with Crippen molar-refractivity contribution in [2.45, 2.75) is 13.8 Å². The minimum Gasteiger partial charge on any atom is -0.452 e. The molecule has 0 spiro atoms. The fraction of sp³-hybridized carbons (Fsp3) is 0.118. The molecule has 0 aliphatic heterocycles. The maximum atomic E-state index is 13.6. The molecule has 0 amide bonds. The first-order valence-corrected chi connectivity index (χ1v) is 7.26. The Morgan fingerprint density at radius 2 is 1.90 bits per heavy atom. The van der Waals surface area contributed by atoms with Gasteiger partial charge in [0.1, 0.15) is 11.4 Å². The smallest absolute Gasteiger partial charge is 0.228 e. The first-order valence-electron chi connectivity index (χ1n) is 6.47. The maximum absolute atomic E-state index is 13.6. The fourth-order valence-electron chi connectivity index (χ4n) is 2.28. The molecule has 0 radical (unpaired) electrons. The predicted molar refractivity (Wildman–Crippen MR) is 83.2 cm³/mol. The van der Waals surface area contributed by atoms with E-state index in [1.54, 1.807) is 19.1 Å². The summed E-state index contributed by atoms with van der Waals surface area (Å²) in [5.41, 5.74) is 2.21. The Morgan fingerprint density at radius 1 is 1.14 bits per heavy atom. The van der Waals surface area contributed by atoms with Crippen LogP contribution in [0.4, 0.5) is 4.39 Å². The van der Waals surface area contributed by atoms with Gasteiger partial charge in [-0.05, 0) is 43.7 Å². The van der Waals surface area contributed by atoms with Gasteiger partial charge in [-0.15, -0.1) is 0 Å². The van der Waals surface area contributed by atoms with Gasteiger partial charge < -0.3 is 4.42 Å². The zero-order chi connectivity index (χ0) is 15.1. The largest absolute Gasteiger partial charge is 0.452 e. The summed E-state index contributed by atoms with van der Waals surface area (Å²) >= 11 is 3.37. The van der Waals surface area contributed by atoms with E-state index in [1.165, 1.54) is 6.07 Å². The van der Waals surface area contributed by atoms with Gasteiger partial charge in [0.15, 0.2) is 5.76 Å². The summed E-state index contributed by atoms with van der Waals surface area (Å²) in [6.07, 6.45) is 0. The molecule has 0 saturated carbocycles. The maximum Gasteiger partial charge on any atom is 0.228 e. The van der Waals surface area contributed by atoms with Gasteiger partial charge in [0.2, 0.25) is 5.78 Å². The van der Waals surface area contributed by atoms with E-state index < -0.39 is 5.82 Å². The highest BCUT2D eigenvalue weighted by molar-refractivity contribution is 9.10. The molecule has 2 nitrogen and oxygen atoms in total. The van der Waals surface area contributed by atoms with Crippen molar-refractivity contribution < 1.29 is 13.6 Å². The Hall–Kier alpha value is -1.94. The summed E-state index contributed by atoms with van der Waals surface area (Å²) in [6, 6.07) is 10.1. The van der Waals surface area contributed by atoms with E-state index >= 15 is 0 Å². The Morgan fingerprint density at radius 3 is 2.62 bits per heavy atom. The lowest BCUT2D eigenvalue weighted by Gasteiger charge is -2.01. The summed E-state index contributed by atoms with van der Waals surface area (Å²) in [5, 5.41) is 0.883. The van der Waals surface area contributed by atoms with E-state index in [4.69, 9.17) is 4.42 Å². The summed E-state index contributed by atoms with van der Waals surface area (Å²) < 4.78 is 20.2. The summed E-state index contributed by atoms with van der Waals surface area (Å²) in [4.78, 5) is 12.5. The van der Waals surface area contributed by atoms with Gasteiger partial charge in [-0.2, -0.15) is 0 Å². The topological polar surface area (TPSA) is 30.2 Å². The first kappa shape index (κ1) is 14.0. The fourth-order valence-corrected chi connectivity index (χ4v) is 2.62. The molecule has 4 heteroatoms. The molecular weight excluding hydrogens is 335 g/mol. The molecule has 0 aliphatic rings. The van der Waals surface area contributed by atoms with Crippen LogP contribution in [-0.4, -0.2) is 5.78 Å². The van der Waals surface area contributed by atoms with Crippen molar-refractivity contribution in [2.75, 3.05) is 0 Å². The van der Waals surface area contributed by atoms with Crippen LogP contribution in [0.25, 0.3) is 11.0 Å². The van der Waals surface area contributed by atoms with Crippen LogP contribution in [0.2, 0.25) is 0 Å². The Kier molecular flexibility index (Phi) is 3.41. The highest BCUT2D eigenvalue weighted by Crippen LogP contribution is 2.29. The number of hydrogen-bond donors (Lipinski definition) is 0. The number of fused-ring (bicyclic) bond motifs is 1. The molecule has 0 fully saturated rings. The van der Waals surface area contributed by atoms with Crippen LogP contribution >= 0.6 is 15.9 Å². The zero-order valence-corrected chi connectivity index (χ0v) is 13.1. The van der Waals surface area contributed by atoms with Crippen LogP contribution in [0, 0.1) is 19.7 Å². The number of ketones is 1. The molecule has 0 saturated heterocycles. The Labute approximate surface area is 129 Å². The number of rotatable bonds is 2. The molecule has 21 heavy (non-hydrogen) atoms. The van der Waals surface area contributed by atoms with E-state index in [1.807, 2.05) is 25.1 Å². The van der Waals surface area contributed by atoms with E-state index in [0.29, 0.717) is 16.7 Å². The molecule has 3 aromatic rings. The molecule has 1 aromatic heterocycles. The van der Waals surface area contributed by atoms with Gasteiger partial charge in [-0.3, -0.25) is 4.79 Å². The molecule has 0 N–H and O–H groups in total. The van der Waals surface area contributed by atoms with Crippen LogP contribution in [-0.2, 0) is 0 Å². The number of carbonyl (C=O) groups excluding carboxylic acids is 1. The van der Waals surface area contributed by atoms with Crippen LogP contribution in [0.1, 0.15) is 27.2 Å². The van der Waals surface area contributed by atoms with Crippen molar-refractivity contribution in [1.82, 2.24) is 0 Å². The number of furan rings is 1. The number of halogens is 2. The Balaban J connectivity index is 2.13. The molecule has 2 aromatic carbocycles. The SMILES string of the molecule is Cc1ccc(C(=O)c2oc3cc(Br)ccc3c2C)cc1F. The summed E-state index contributed by atoms with van der Waals surface area (Å²) in [5.74, 6) is -0.442. The lowest BCUT2D eigenvalue weighted by Crippen LogP contribution is -2.02. The quantitative estimate of drug-likeness (QED) is 0.598. The second kappa shape index (κ2) is 5.11. The first-order chi connectivity index (χ1) is 9.97. The van der Waals surface area contributed by atoms with Gasteiger partial charge in [0.25, 0.3) is 0 Å². The molecule has 3 rings (SSSR count). The Bertz CT molecular complexity index is 865. The van der Waals surface area contributed by atoms with E-state index in [9.17, 15) is 9.18 Å². The molecule has 106 valence electrons. The number of carbonyl (C=O) groups is 1. The lowest BCUT2D eigenvalue weighted by molar-refractivity contribution is 0.101. The normalized spacial score (nSPS) is 11.0. The number of aryl methyl sites for hydroxylation is 2. The van der Waals surface area contributed by atoms with Gasteiger partial charge in [-0.25, -0.2) is 4.39 Å². The zero-order valence-electron chi connectivity index (χ0n) is 11.5. The van der Waals surface area contributed by atoms with Gasteiger partial charge in [-0.1, -0.05) is 28.1 Å². The average molecular weight is 347 g/mol. The third-order valence-electron chi connectivity index (χ3n) is 3.54. The van der Waals surface area contributed by atoms with Crippen LogP contribution in [0.3, 0.4) is 0 Å². The van der Waals surface area contributed by atoms with Gasteiger partial charge >= 0.3 is 0 Å². The predicted octanol–water partition coefficient (Wildman–Crippen LogP) is 5.18. The second-order valence-electron chi connectivity index (χ2n) is 4.99. The highest BCUT2D eigenvalue weighted by atomic mass is 79.9. The molecule has 1 heterocycles. The highest BCUT2D eigenvalue weighted by Gasteiger charge is 2.20. The van der Waals surface area contributed by atoms with Gasteiger partial charge in [0, 0.05) is 21.0 Å². The third-order valence-corrected chi connectivity index (χ3v) is 4.03.